The third-order valence-electron chi connectivity index (χ3n) is 4.29. The number of aromatic nitrogens is 1. The molecule has 2 aromatic rings. The van der Waals surface area contributed by atoms with Crippen molar-refractivity contribution in [2.24, 2.45) is 0 Å². The maximum absolute atomic E-state index is 12.7. The summed E-state index contributed by atoms with van der Waals surface area (Å²) in [5.74, 6) is -0.982. The molecule has 2 heterocycles. The van der Waals surface area contributed by atoms with E-state index in [0.717, 1.165) is 24.2 Å². The first-order chi connectivity index (χ1) is 13.8. The summed E-state index contributed by atoms with van der Waals surface area (Å²) in [6.07, 6.45) is 1.64. The van der Waals surface area contributed by atoms with Gasteiger partial charge in [0.15, 0.2) is 5.13 Å². The number of benzene rings is 1. The molecular weight excluding hydrogens is 438 g/mol. The summed E-state index contributed by atoms with van der Waals surface area (Å²) < 4.78 is 31.7. The maximum atomic E-state index is 12.7. The number of carbonyl (C=O) groups excluding carboxylic acids is 2. The summed E-state index contributed by atoms with van der Waals surface area (Å²) in [6, 6.07) is 4.07. The van der Waals surface area contributed by atoms with Gasteiger partial charge in [0, 0.05) is 18.5 Å². The quantitative estimate of drug-likeness (QED) is 0.641. The van der Waals surface area contributed by atoms with Gasteiger partial charge in [0.25, 0.3) is 5.91 Å². The summed E-state index contributed by atoms with van der Waals surface area (Å²) in [5.41, 5.74) is 0.509. The predicted octanol–water partition coefficient (Wildman–Crippen LogP) is 2.94. The largest absolute Gasteiger partial charge is 0.466 e. The van der Waals surface area contributed by atoms with Crippen LogP contribution in [0.2, 0.25) is 5.02 Å². The van der Waals surface area contributed by atoms with Crippen LogP contribution in [0.25, 0.3) is 0 Å². The van der Waals surface area contributed by atoms with E-state index in [0.29, 0.717) is 18.8 Å². The van der Waals surface area contributed by atoms with Gasteiger partial charge in [-0.2, -0.15) is 4.31 Å². The fourth-order valence-electron chi connectivity index (χ4n) is 2.89. The van der Waals surface area contributed by atoms with Crippen LogP contribution in [0.5, 0.6) is 0 Å². The molecule has 1 amide bonds. The van der Waals surface area contributed by atoms with E-state index in [1.54, 1.807) is 12.3 Å². The van der Waals surface area contributed by atoms with Crippen LogP contribution in [-0.2, 0) is 26.0 Å². The second kappa shape index (κ2) is 9.21. The summed E-state index contributed by atoms with van der Waals surface area (Å²) in [6.45, 7) is 2.93. The molecule has 8 nitrogen and oxygen atoms in total. The van der Waals surface area contributed by atoms with E-state index in [2.05, 4.69) is 10.3 Å². The molecule has 156 valence electrons. The molecule has 1 aromatic carbocycles. The van der Waals surface area contributed by atoms with E-state index >= 15 is 0 Å². The minimum Gasteiger partial charge on any atom is -0.466 e. The second-order valence-corrected chi connectivity index (χ2v) is 9.54. The van der Waals surface area contributed by atoms with Crippen LogP contribution < -0.4 is 5.32 Å². The number of carbonyl (C=O) groups is 2. The number of amides is 1. The minimum atomic E-state index is -3.67. The highest BCUT2D eigenvalue weighted by Gasteiger charge is 2.28. The number of hydrogen-bond donors (Lipinski definition) is 1. The fourth-order valence-corrected chi connectivity index (χ4v) is 5.34. The van der Waals surface area contributed by atoms with E-state index in [4.69, 9.17) is 16.3 Å². The number of halogens is 1. The topological polar surface area (TPSA) is 106 Å². The normalized spacial score (nSPS) is 14.7. The van der Waals surface area contributed by atoms with Gasteiger partial charge in [0.1, 0.15) is 0 Å². The number of rotatable bonds is 7. The van der Waals surface area contributed by atoms with Gasteiger partial charge < -0.3 is 4.74 Å². The highest BCUT2D eigenvalue weighted by atomic mass is 35.5. The van der Waals surface area contributed by atoms with Crippen LogP contribution in [-0.4, -0.2) is 49.3 Å². The van der Waals surface area contributed by atoms with Gasteiger partial charge >= 0.3 is 5.97 Å². The van der Waals surface area contributed by atoms with Crippen LogP contribution in [0.1, 0.15) is 35.8 Å². The highest BCUT2D eigenvalue weighted by Crippen LogP contribution is 2.26. The lowest BCUT2D eigenvalue weighted by atomic mass is 10.2. The molecule has 1 N–H and O–H groups in total. The van der Waals surface area contributed by atoms with E-state index in [1.165, 1.54) is 22.5 Å². The van der Waals surface area contributed by atoms with Gasteiger partial charge in [-0.25, -0.2) is 13.4 Å². The Hall–Kier alpha value is -2.01. The Balaban J connectivity index is 1.76. The smallest absolute Gasteiger partial charge is 0.311 e. The first-order valence-corrected chi connectivity index (χ1v) is 11.7. The molecule has 29 heavy (non-hydrogen) atoms. The number of thiazole rings is 1. The third kappa shape index (κ3) is 5.13. The van der Waals surface area contributed by atoms with Crippen molar-refractivity contribution in [3.8, 4) is 0 Å². The zero-order chi connectivity index (χ0) is 21.0. The lowest BCUT2D eigenvalue weighted by Crippen LogP contribution is -2.28. The average molecular weight is 458 g/mol. The Labute approximate surface area is 177 Å². The maximum Gasteiger partial charge on any atom is 0.311 e. The number of hydrogen-bond acceptors (Lipinski definition) is 7. The molecule has 0 saturated carbocycles. The second-order valence-electron chi connectivity index (χ2n) is 6.33. The Morgan fingerprint density at radius 2 is 2.03 bits per heavy atom. The number of nitrogens with zero attached hydrogens (tertiary/aromatic N) is 2. The van der Waals surface area contributed by atoms with Crippen molar-refractivity contribution in [2.45, 2.75) is 31.1 Å². The van der Waals surface area contributed by atoms with Crippen LogP contribution >= 0.6 is 22.9 Å². The van der Waals surface area contributed by atoms with Crippen LogP contribution in [0, 0.1) is 0 Å². The summed E-state index contributed by atoms with van der Waals surface area (Å²) in [4.78, 5) is 28.4. The monoisotopic (exact) mass is 457 g/mol. The molecule has 1 fully saturated rings. The summed E-state index contributed by atoms with van der Waals surface area (Å²) >= 11 is 7.28. The predicted molar refractivity (Wildman–Crippen MR) is 110 cm³/mol. The first-order valence-electron chi connectivity index (χ1n) is 9.02. The molecule has 11 heteroatoms. The van der Waals surface area contributed by atoms with Crippen LogP contribution in [0.3, 0.4) is 0 Å². The number of esters is 1. The molecule has 1 aromatic heterocycles. The average Bonchev–Trinajstić information content (AvgIpc) is 3.34. The Bertz CT molecular complexity index is 1020. The molecule has 3 rings (SSSR count). The zero-order valence-corrected chi connectivity index (χ0v) is 18.1. The van der Waals surface area contributed by atoms with E-state index in [9.17, 15) is 18.0 Å². The molecule has 0 unspecified atom stereocenters. The Morgan fingerprint density at radius 1 is 1.31 bits per heavy atom. The molecule has 1 aliphatic rings. The van der Waals surface area contributed by atoms with Crippen LogP contribution in [0.15, 0.2) is 28.5 Å². The third-order valence-corrected chi connectivity index (χ3v) is 7.32. The van der Waals surface area contributed by atoms with Gasteiger partial charge in [-0.15, -0.1) is 11.3 Å². The molecule has 0 atom stereocenters. The van der Waals surface area contributed by atoms with Gasteiger partial charge in [0.2, 0.25) is 10.0 Å². The number of sulfonamides is 1. The van der Waals surface area contributed by atoms with Crippen molar-refractivity contribution in [3.05, 3.63) is 39.9 Å². The highest BCUT2D eigenvalue weighted by molar-refractivity contribution is 7.89. The summed E-state index contributed by atoms with van der Waals surface area (Å²) in [5, 5.41) is 4.64. The SMILES string of the molecule is CCOC(=O)Cc1csc(NC(=O)c2cc(S(=O)(=O)N3CCCC3)ccc2Cl)n1. The molecule has 0 bridgehead atoms. The van der Waals surface area contributed by atoms with Crippen molar-refractivity contribution >= 4 is 50.0 Å². The van der Waals surface area contributed by atoms with E-state index in [-0.39, 0.29) is 33.6 Å². The molecule has 1 aliphatic heterocycles. The van der Waals surface area contributed by atoms with Gasteiger partial charge in [-0.1, -0.05) is 11.6 Å². The molecule has 0 spiro atoms. The van der Waals surface area contributed by atoms with E-state index in [1.807, 2.05) is 0 Å². The lowest BCUT2D eigenvalue weighted by molar-refractivity contribution is -0.142. The molecule has 1 saturated heterocycles. The molecule has 0 aliphatic carbocycles. The van der Waals surface area contributed by atoms with E-state index < -0.39 is 21.9 Å². The Kier molecular flexibility index (Phi) is 6.89. The van der Waals surface area contributed by atoms with Crippen molar-refractivity contribution in [2.75, 3.05) is 25.0 Å². The van der Waals surface area contributed by atoms with Gasteiger partial charge in [-0.3, -0.25) is 14.9 Å². The number of anilines is 1. The zero-order valence-electron chi connectivity index (χ0n) is 15.7. The van der Waals surface area contributed by atoms with Gasteiger partial charge in [0.05, 0.1) is 34.2 Å². The van der Waals surface area contributed by atoms with Crippen molar-refractivity contribution in [1.29, 1.82) is 0 Å². The lowest BCUT2D eigenvalue weighted by Gasteiger charge is -2.16. The van der Waals surface area contributed by atoms with Crippen molar-refractivity contribution < 1.29 is 22.7 Å². The molecule has 0 radical (unpaired) electrons. The van der Waals surface area contributed by atoms with Crippen molar-refractivity contribution in [1.82, 2.24) is 9.29 Å². The fraction of sp³-hybridized carbons (Fsp3) is 0.389. The van der Waals surface area contributed by atoms with Crippen molar-refractivity contribution in [3.63, 3.8) is 0 Å². The summed E-state index contributed by atoms with van der Waals surface area (Å²) in [7, 11) is -3.67. The van der Waals surface area contributed by atoms with Crippen LogP contribution in [0.4, 0.5) is 5.13 Å². The number of ether oxygens (including phenoxy) is 1. The number of nitrogens with one attached hydrogen (secondary N) is 1. The minimum absolute atomic E-state index is 0.00449. The molecular formula is C18H20ClN3O5S2. The standard InChI is InChI=1S/C18H20ClN3O5S2/c1-2-27-16(23)9-12-11-28-18(20-12)21-17(24)14-10-13(5-6-15(14)19)29(25,26)22-7-3-4-8-22/h5-6,10-11H,2-4,7-9H2,1H3,(H,20,21,24). The Morgan fingerprint density at radius 3 is 2.72 bits per heavy atom. The van der Waals surface area contributed by atoms with Gasteiger partial charge in [-0.05, 0) is 38.0 Å². The first kappa shape index (κ1) is 21.7.